The van der Waals surface area contributed by atoms with Crippen LogP contribution in [-0.4, -0.2) is 50.4 Å². The summed E-state index contributed by atoms with van der Waals surface area (Å²) in [6.45, 7) is 1.98. The van der Waals surface area contributed by atoms with E-state index in [4.69, 9.17) is 24.7 Å². The van der Waals surface area contributed by atoms with Gasteiger partial charge < -0.3 is 35.1 Å². The number of nitrogens with zero attached hydrogens (tertiary/aromatic N) is 2. The van der Waals surface area contributed by atoms with Crippen LogP contribution in [0.3, 0.4) is 0 Å². The molecule has 2 aromatic carbocycles. The summed E-state index contributed by atoms with van der Waals surface area (Å²) in [5.41, 5.74) is 6.75. The second-order valence-corrected chi connectivity index (χ2v) is 7.70. The molecule has 176 valence electrons. The first kappa shape index (κ1) is 24.1. The fraction of sp³-hybridized carbons (Fsp3) is 0.391. The number of aliphatic hydroxyl groups is 1. The summed E-state index contributed by atoms with van der Waals surface area (Å²) in [6, 6.07) is 11.8. The van der Waals surface area contributed by atoms with Crippen molar-refractivity contribution in [1.82, 2.24) is 10.6 Å². The number of aliphatic imine (C=N–C) groups is 1. The number of aliphatic hydroxyl groups excluding tert-OH is 1. The smallest absolute Gasteiger partial charge is 0.205 e. The molecule has 0 aliphatic carbocycles. The van der Waals surface area contributed by atoms with Crippen LogP contribution in [0.25, 0.3) is 0 Å². The normalized spacial score (nSPS) is 22.2. The molecule has 3 rings (SSSR count). The molecule has 1 aliphatic rings. The topological polar surface area (TPSA) is 143 Å². The van der Waals surface area contributed by atoms with Gasteiger partial charge in [-0.05, 0) is 42.8 Å². The first-order chi connectivity index (χ1) is 15.9. The minimum absolute atomic E-state index is 0.182. The van der Waals surface area contributed by atoms with Crippen LogP contribution in [0, 0.1) is 11.5 Å². The summed E-state index contributed by atoms with van der Waals surface area (Å²) in [7, 11) is 4.53. The number of methoxy groups -OCH3 is 3. The molecule has 0 aromatic heterocycles. The maximum absolute atomic E-state index is 11.4. The van der Waals surface area contributed by atoms with Crippen molar-refractivity contribution in [3.05, 3.63) is 53.6 Å². The second kappa shape index (κ2) is 10.4. The third-order valence-electron chi connectivity index (χ3n) is 5.54. The predicted octanol–water partition coefficient (Wildman–Crippen LogP) is 1.67. The Bertz CT molecular complexity index is 1020. The van der Waals surface area contributed by atoms with Crippen molar-refractivity contribution in [2.75, 3.05) is 27.1 Å². The fourth-order valence-electron chi connectivity index (χ4n) is 3.83. The Hall–Kier alpha value is -3.52. The van der Waals surface area contributed by atoms with Crippen LogP contribution in [0.5, 0.6) is 11.5 Å². The molecule has 1 aliphatic heterocycles. The fourth-order valence-corrected chi connectivity index (χ4v) is 3.83. The van der Waals surface area contributed by atoms with Crippen molar-refractivity contribution in [2.24, 2.45) is 4.99 Å². The molecule has 0 saturated carbocycles. The van der Waals surface area contributed by atoms with E-state index < -0.39 is 24.0 Å². The summed E-state index contributed by atoms with van der Waals surface area (Å²) in [5, 5.41) is 26.3. The molecule has 0 radical (unpaired) electrons. The number of nitrogen functional groups attached to an aromatic ring is 1. The van der Waals surface area contributed by atoms with Gasteiger partial charge in [0.15, 0.2) is 18.1 Å². The zero-order valence-electron chi connectivity index (χ0n) is 19.0. The third kappa shape index (κ3) is 5.12. The number of nitrogens with one attached hydrogen (secondary N) is 2. The van der Waals surface area contributed by atoms with Gasteiger partial charge in [-0.2, -0.15) is 5.26 Å². The highest BCUT2D eigenvalue weighted by molar-refractivity contribution is 5.82. The number of hydrogen-bond acceptors (Lipinski definition) is 8. The largest absolute Gasteiger partial charge is 0.497 e. The maximum atomic E-state index is 11.4. The summed E-state index contributed by atoms with van der Waals surface area (Å²) in [4.78, 5) is 4.48. The van der Waals surface area contributed by atoms with Gasteiger partial charge in [-0.25, -0.2) is 4.99 Å². The summed E-state index contributed by atoms with van der Waals surface area (Å²) < 4.78 is 22.1. The number of anilines is 1. The number of nitriles is 1. The van der Waals surface area contributed by atoms with Gasteiger partial charge in [-0.1, -0.05) is 12.1 Å². The Morgan fingerprint density at radius 2 is 1.94 bits per heavy atom. The highest BCUT2D eigenvalue weighted by atomic mass is 16.7. The predicted molar refractivity (Wildman–Crippen MR) is 122 cm³/mol. The van der Waals surface area contributed by atoms with Gasteiger partial charge in [0, 0.05) is 25.5 Å². The number of ether oxygens (including phenoxy) is 4. The average molecular weight is 456 g/mol. The molecule has 10 nitrogen and oxygen atoms in total. The Labute approximate surface area is 192 Å². The van der Waals surface area contributed by atoms with Gasteiger partial charge in [0.1, 0.15) is 17.6 Å². The molecule has 2 aromatic rings. The van der Waals surface area contributed by atoms with E-state index in [9.17, 15) is 10.4 Å². The Kier molecular flexibility index (Phi) is 7.60. The molecule has 10 heteroatoms. The first-order valence-corrected chi connectivity index (χ1v) is 10.3. The summed E-state index contributed by atoms with van der Waals surface area (Å²) in [5.74, 6) is 1.42. The van der Waals surface area contributed by atoms with Crippen molar-refractivity contribution >= 4 is 11.6 Å². The lowest BCUT2D eigenvalue weighted by Crippen LogP contribution is -2.62. The molecule has 3 atom stereocenters. The number of rotatable bonds is 7. The zero-order chi connectivity index (χ0) is 24.0. The van der Waals surface area contributed by atoms with Gasteiger partial charge in [0.05, 0.1) is 19.7 Å². The van der Waals surface area contributed by atoms with Crippen molar-refractivity contribution in [2.45, 2.75) is 37.5 Å². The van der Waals surface area contributed by atoms with E-state index >= 15 is 0 Å². The van der Waals surface area contributed by atoms with Crippen molar-refractivity contribution < 1.29 is 24.1 Å². The van der Waals surface area contributed by atoms with Crippen LogP contribution in [0.4, 0.5) is 5.69 Å². The van der Waals surface area contributed by atoms with Gasteiger partial charge in [-0.3, -0.25) is 5.32 Å². The zero-order valence-corrected chi connectivity index (χ0v) is 19.0. The van der Waals surface area contributed by atoms with Crippen LogP contribution in [-0.2, 0) is 16.0 Å². The highest BCUT2D eigenvalue weighted by Gasteiger charge is 2.52. The van der Waals surface area contributed by atoms with Crippen LogP contribution < -0.4 is 25.8 Å². The molecular formula is C23H29N5O5. The lowest BCUT2D eigenvalue weighted by atomic mass is 9.84. The molecule has 0 spiro atoms. The minimum atomic E-state index is -1.27. The molecule has 0 saturated heterocycles. The SMILES string of the molecule is COc1ccc(CN=C(NC#N)N[C@H]2c3cc(N)ccc3O[C@@](C)(C(OC)OC)[C@H]2O)cc1. The number of hydrogen-bond donors (Lipinski definition) is 4. The van der Waals surface area contributed by atoms with E-state index in [0.29, 0.717) is 23.5 Å². The standard InChI is InChI=1S/C23H29N5O5/c1-23(21(31-3)32-4)20(29)19(17-11-15(25)7-10-18(17)33-23)28-22(27-13-24)26-12-14-5-8-16(30-2)9-6-14/h5-11,19-21,29H,12,25H2,1-4H3,(H2,26,27,28)/t19-,20-,23+/m0/s1. The minimum Gasteiger partial charge on any atom is -0.497 e. The molecule has 0 fully saturated rings. The van der Waals surface area contributed by atoms with E-state index in [0.717, 1.165) is 11.3 Å². The lowest BCUT2D eigenvalue weighted by molar-refractivity contribution is -0.238. The third-order valence-corrected chi connectivity index (χ3v) is 5.54. The van der Waals surface area contributed by atoms with Gasteiger partial charge in [0.25, 0.3) is 0 Å². The van der Waals surface area contributed by atoms with Gasteiger partial charge in [0.2, 0.25) is 5.96 Å². The molecule has 1 heterocycles. The monoisotopic (exact) mass is 455 g/mol. The van der Waals surface area contributed by atoms with Crippen LogP contribution >= 0.6 is 0 Å². The van der Waals surface area contributed by atoms with Crippen LogP contribution in [0.2, 0.25) is 0 Å². The molecule has 0 unspecified atom stereocenters. The quantitative estimate of drug-likeness (QED) is 0.122. The Balaban J connectivity index is 1.94. The van der Waals surface area contributed by atoms with Gasteiger partial charge >= 0.3 is 0 Å². The summed E-state index contributed by atoms with van der Waals surface area (Å²) in [6.07, 6.45) is -0.141. The highest BCUT2D eigenvalue weighted by Crippen LogP contribution is 2.43. The molecule has 0 amide bonds. The number of nitrogens with two attached hydrogens (primary N) is 1. The number of fused-ring (bicyclic) bond motifs is 1. The first-order valence-electron chi connectivity index (χ1n) is 10.3. The maximum Gasteiger partial charge on any atom is 0.205 e. The van der Waals surface area contributed by atoms with E-state index in [1.807, 2.05) is 30.5 Å². The second-order valence-electron chi connectivity index (χ2n) is 7.70. The average Bonchev–Trinajstić information content (AvgIpc) is 2.82. The molecule has 33 heavy (non-hydrogen) atoms. The summed E-state index contributed by atoms with van der Waals surface area (Å²) >= 11 is 0. The van der Waals surface area contributed by atoms with Crippen LogP contribution in [0.1, 0.15) is 24.1 Å². The molecular weight excluding hydrogens is 426 g/mol. The van der Waals surface area contributed by atoms with Crippen molar-refractivity contribution in [3.63, 3.8) is 0 Å². The lowest BCUT2D eigenvalue weighted by Gasteiger charge is -2.46. The van der Waals surface area contributed by atoms with E-state index in [1.165, 1.54) is 14.2 Å². The molecule has 0 bridgehead atoms. The Morgan fingerprint density at radius 3 is 2.55 bits per heavy atom. The number of guanidine groups is 1. The van der Waals surface area contributed by atoms with Crippen LogP contribution in [0.15, 0.2) is 47.5 Å². The number of benzene rings is 2. The van der Waals surface area contributed by atoms with Crippen molar-refractivity contribution in [3.8, 4) is 17.7 Å². The van der Waals surface area contributed by atoms with E-state index in [1.54, 1.807) is 32.2 Å². The van der Waals surface area contributed by atoms with E-state index in [2.05, 4.69) is 15.6 Å². The Morgan fingerprint density at radius 1 is 1.24 bits per heavy atom. The van der Waals surface area contributed by atoms with E-state index in [-0.39, 0.29) is 5.96 Å². The van der Waals surface area contributed by atoms with Crippen molar-refractivity contribution in [1.29, 1.82) is 5.26 Å². The van der Waals surface area contributed by atoms with Gasteiger partial charge in [-0.15, -0.1) is 0 Å². The molecule has 5 N–H and O–H groups in total.